The van der Waals surface area contributed by atoms with E-state index in [1.807, 2.05) is 12.3 Å². The zero-order valence-corrected chi connectivity index (χ0v) is 11.2. The van der Waals surface area contributed by atoms with Crippen molar-refractivity contribution in [3.05, 3.63) is 12.3 Å². The molecule has 104 valence electrons. The van der Waals surface area contributed by atoms with Gasteiger partial charge in [-0.2, -0.15) is 9.97 Å². The largest absolute Gasteiger partial charge is 0.356 e. The zero-order chi connectivity index (χ0) is 13.5. The minimum absolute atomic E-state index is 0.0447. The topological polar surface area (TPSA) is 73.9 Å². The van der Waals surface area contributed by atoms with E-state index in [0.29, 0.717) is 5.95 Å². The summed E-state index contributed by atoms with van der Waals surface area (Å²) in [6.07, 6.45) is 6.22. The summed E-state index contributed by atoms with van der Waals surface area (Å²) in [7, 11) is 0. The van der Waals surface area contributed by atoms with Gasteiger partial charge in [0, 0.05) is 25.2 Å². The maximum Gasteiger partial charge on any atom is 0.233 e. The highest BCUT2D eigenvalue weighted by molar-refractivity contribution is 5.95. The number of hydrogen-bond donors (Lipinski definition) is 2. The number of hydrogen-bond acceptors (Lipinski definition) is 4. The van der Waals surface area contributed by atoms with E-state index in [1.54, 1.807) is 0 Å². The number of rotatable bonds is 3. The molecule has 1 saturated heterocycles. The van der Waals surface area contributed by atoms with Crippen LogP contribution in [0.3, 0.4) is 0 Å². The molecule has 0 atom stereocenters. The lowest BCUT2D eigenvalue weighted by Gasteiger charge is -2.18. The molecule has 2 aromatic heterocycles. The molecule has 2 aromatic rings. The molecule has 6 nitrogen and oxygen atoms in total. The van der Waals surface area contributed by atoms with Crippen molar-refractivity contribution in [1.82, 2.24) is 15.0 Å². The third kappa shape index (κ3) is 2.01. The normalized spacial score (nSPS) is 18.7. The molecule has 0 unspecified atom stereocenters. The van der Waals surface area contributed by atoms with Gasteiger partial charge >= 0.3 is 0 Å². The summed E-state index contributed by atoms with van der Waals surface area (Å²) >= 11 is 0. The number of aromatic amines is 1. The van der Waals surface area contributed by atoms with Crippen LogP contribution in [-0.2, 0) is 4.79 Å². The summed E-state index contributed by atoms with van der Waals surface area (Å²) < 4.78 is 0. The molecule has 1 amide bonds. The molecule has 2 aliphatic rings. The SMILES string of the molecule is O=C(Nc1nc(N2CCCC2)c2cc[nH]c2n1)C1CC1. The van der Waals surface area contributed by atoms with Gasteiger partial charge in [0.1, 0.15) is 11.5 Å². The Balaban J connectivity index is 1.71. The zero-order valence-electron chi connectivity index (χ0n) is 11.2. The smallest absolute Gasteiger partial charge is 0.233 e. The Morgan fingerprint density at radius 3 is 2.85 bits per heavy atom. The fourth-order valence-corrected chi connectivity index (χ4v) is 2.71. The van der Waals surface area contributed by atoms with Crippen molar-refractivity contribution < 1.29 is 4.79 Å². The van der Waals surface area contributed by atoms with Crippen LogP contribution in [0.5, 0.6) is 0 Å². The van der Waals surface area contributed by atoms with Crippen LogP contribution in [0.4, 0.5) is 11.8 Å². The van der Waals surface area contributed by atoms with Crippen LogP contribution in [0.1, 0.15) is 25.7 Å². The second-order valence-corrected chi connectivity index (χ2v) is 5.57. The molecule has 20 heavy (non-hydrogen) atoms. The number of carbonyl (C=O) groups is 1. The van der Waals surface area contributed by atoms with Crippen molar-refractivity contribution in [3.8, 4) is 0 Å². The van der Waals surface area contributed by atoms with E-state index < -0.39 is 0 Å². The molecule has 1 aliphatic heterocycles. The van der Waals surface area contributed by atoms with E-state index in [-0.39, 0.29) is 11.8 Å². The first-order valence-electron chi connectivity index (χ1n) is 7.22. The molecule has 2 fully saturated rings. The van der Waals surface area contributed by atoms with Gasteiger partial charge in [-0.3, -0.25) is 10.1 Å². The van der Waals surface area contributed by atoms with Gasteiger partial charge < -0.3 is 9.88 Å². The first kappa shape index (κ1) is 11.7. The summed E-state index contributed by atoms with van der Waals surface area (Å²) in [4.78, 5) is 26.2. The van der Waals surface area contributed by atoms with Gasteiger partial charge in [-0.05, 0) is 31.7 Å². The van der Waals surface area contributed by atoms with Crippen molar-refractivity contribution in [3.63, 3.8) is 0 Å². The Morgan fingerprint density at radius 1 is 1.30 bits per heavy atom. The number of nitrogens with zero attached hydrogens (tertiary/aromatic N) is 3. The number of anilines is 2. The number of amides is 1. The fraction of sp³-hybridized carbons (Fsp3) is 0.500. The van der Waals surface area contributed by atoms with Crippen molar-refractivity contribution >= 4 is 28.7 Å². The molecule has 3 heterocycles. The molecule has 6 heteroatoms. The van der Waals surface area contributed by atoms with E-state index in [9.17, 15) is 4.79 Å². The second kappa shape index (κ2) is 4.47. The van der Waals surface area contributed by atoms with Gasteiger partial charge in [0.25, 0.3) is 0 Å². The van der Waals surface area contributed by atoms with Crippen LogP contribution in [0.15, 0.2) is 12.3 Å². The highest BCUT2D eigenvalue weighted by Gasteiger charge is 2.30. The van der Waals surface area contributed by atoms with E-state index in [4.69, 9.17) is 0 Å². The van der Waals surface area contributed by atoms with Gasteiger partial charge in [-0.25, -0.2) is 0 Å². The lowest BCUT2D eigenvalue weighted by atomic mass is 10.3. The minimum Gasteiger partial charge on any atom is -0.356 e. The third-order valence-corrected chi connectivity index (χ3v) is 3.98. The first-order valence-corrected chi connectivity index (χ1v) is 7.22. The van der Waals surface area contributed by atoms with E-state index >= 15 is 0 Å². The van der Waals surface area contributed by atoms with Gasteiger partial charge in [-0.15, -0.1) is 0 Å². The van der Waals surface area contributed by atoms with Gasteiger partial charge in [0.2, 0.25) is 11.9 Å². The van der Waals surface area contributed by atoms with E-state index in [1.165, 1.54) is 12.8 Å². The monoisotopic (exact) mass is 271 g/mol. The van der Waals surface area contributed by atoms with Crippen LogP contribution in [-0.4, -0.2) is 33.9 Å². The molecular formula is C14H17N5O. The van der Waals surface area contributed by atoms with Crippen molar-refractivity contribution in [2.24, 2.45) is 5.92 Å². The van der Waals surface area contributed by atoms with Crippen molar-refractivity contribution in [2.45, 2.75) is 25.7 Å². The molecule has 4 rings (SSSR count). The number of nitrogens with one attached hydrogen (secondary N) is 2. The lowest BCUT2D eigenvalue weighted by Crippen LogP contribution is -2.21. The molecule has 1 aliphatic carbocycles. The first-order chi connectivity index (χ1) is 9.81. The number of aromatic nitrogens is 3. The maximum atomic E-state index is 11.9. The summed E-state index contributed by atoms with van der Waals surface area (Å²) in [6.45, 7) is 2.04. The molecule has 0 aromatic carbocycles. The molecule has 0 radical (unpaired) electrons. The molecule has 1 saturated carbocycles. The number of H-pyrrole nitrogens is 1. The Bertz CT molecular complexity index is 655. The van der Waals surface area contributed by atoms with Gasteiger partial charge in [0.05, 0.1) is 5.39 Å². The molecule has 2 N–H and O–H groups in total. The summed E-state index contributed by atoms with van der Waals surface area (Å²) in [5.41, 5.74) is 0.785. The maximum absolute atomic E-state index is 11.9. The minimum atomic E-state index is 0.0447. The highest BCUT2D eigenvalue weighted by Crippen LogP contribution is 2.31. The van der Waals surface area contributed by atoms with Crippen molar-refractivity contribution in [1.29, 1.82) is 0 Å². The van der Waals surface area contributed by atoms with Crippen LogP contribution in [0.2, 0.25) is 0 Å². The van der Waals surface area contributed by atoms with Crippen LogP contribution in [0, 0.1) is 5.92 Å². The van der Waals surface area contributed by atoms with Gasteiger partial charge in [0.15, 0.2) is 0 Å². The molecule has 0 spiro atoms. The average Bonchev–Trinajstić information content (AvgIpc) is 2.97. The number of fused-ring (bicyclic) bond motifs is 1. The Labute approximate surface area is 116 Å². The van der Waals surface area contributed by atoms with Gasteiger partial charge in [-0.1, -0.05) is 0 Å². The second-order valence-electron chi connectivity index (χ2n) is 5.57. The van der Waals surface area contributed by atoms with Crippen LogP contribution < -0.4 is 10.2 Å². The molecule has 0 bridgehead atoms. The predicted octanol–water partition coefficient (Wildman–Crippen LogP) is 1.91. The summed E-state index contributed by atoms with van der Waals surface area (Å²) in [5, 5.41) is 3.87. The Kier molecular flexibility index (Phi) is 2.61. The highest BCUT2D eigenvalue weighted by atomic mass is 16.2. The Hall–Kier alpha value is -2.11. The average molecular weight is 271 g/mol. The van der Waals surface area contributed by atoms with E-state index in [0.717, 1.165) is 42.8 Å². The van der Waals surface area contributed by atoms with Crippen LogP contribution >= 0.6 is 0 Å². The third-order valence-electron chi connectivity index (χ3n) is 3.98. The fourth-order valence-electron chi connectivity index (χ4n) is 2.71. The predicted molar refractivity (Wildman–Crippen MR) is 76.7 cm³/mol. The standard InChI is InChI=1S/C14H17N5O/c20-13(9-3-4-9)18-14-16-11-10(5-6-15-11)12(17-14)19-7-1-2-8-19/h5-6,9H,1-4,7-8H2,(H2,15,16,17,18,20). The van der Waals surface area contributed by atoms with Crippen molar-refractivity contribution in [2.75, 3.05) is 23.3 Å². The van der Waals surface area contributed by atoms with E-state index in [2.05, 4.69) is 25.2 Å². The Morgan fingerprint density at radius 2 is 2.10 bits per heavy atom. The lowest BCUT2D eigenvalue weighted by molar-refractivity contribution is -0.117. The quantitative estimate of drug-likeness (QED) is 0.894. The summed E-state index contributed by atoms with van der Waals surface area (Å²) in [6, 6.07) is 2.00. The number of carbonyl (C=O) groups excluding carboxylic acids is 1. The summed E-state index contributed by atoms with van der Waals surface area (Å²) in [5.74, 6) is 1.55. The molecular weight excluding hydrogens is 254 g/mol. The van der Waals surface area contributed by atoms with Crippen LogP contribution in [0.25, 0.3) is 11.0 Å².